The Morgan fingerprint density at radius 1 is 1.50 bits per heavy atom. The van der Waals surface area contributed by atoms with Gasteiger partial charge in [-0.1, -0.05) is 11.8 Å². The molecule has 0 fully saturated rings. The summed E-state index contributed by atoms with van der Waals surface area (Å²) in [5.41, 5.74) is 0.581. The molecule has 5 nitrogen and oxygen atoms in total. The van der Waals surface area contributed by atoms with Gasteiger partial charge < -0.3 is 10.1 Å². The molecule has 0 bridgehead atoms. The second-order valence-electron chi connectivity index (χ2n) is 5.06. The number of nitrogens with zero attached hydrogens (tertiary/aromatic N) is 1. The van der Waals surface area contributed by atoms with Gasteiger partial charge in [0.2, 0.25) is 0 Å². The normalized spacial score (nSPS) is 10.2. The molecule has 0 aromatic carbocycles. The first-order chi connectivity index (χ1) is 9.42. The van der Waals surface area contributed by atoms with Crippen molar-refractivity contribution in [2.24, 2.45) is 0 Å². The molecule has 0 saturated heterocycles. The summed E-state index contributed by atoms with van der Waals surface area (Å²) >= 11 is 0. The zero-order chi connectivity index (χ0) is 15.0. The van der Waals surface area contributed by atoms with Crippen molar-refractivity contribution in [1.82, 2.24) is 10.3 Å². The van der Waals surface area contributed by atoms with Gasteiger partial charge in [-0.15, -0.1) is 0 Å². The van der Waals surface area contributed by atoms with Gasteiger partial charge in [-0.3, -0.25) is 9.78 Å². The number of aromatic nitrogens is 1. The fraction of sp³-hybridized carbons (Fsp3) is 0.400. The van der Waals surface area contributed by atoms with Gasteiger partial charge in [-0.25, -0.2) is 4.79 Å². The van der Waals surface area contributed by atoms with Crippen molar-refractivity contribution in [1.29, 1.82) is 0 Å². The number of ether oxygens (including phenoxy) is 1. The summed E-state index contributed by atoms with van der Waals surface area (Å²) in [5.74, 6) is 5.73. The van der Waals surface area contributed by atoms with E-state index < -0.39 is 11.7 Å². The van der Waals surface area contributed by atoms with Crippen molar-refractivity contribution in [2.45, 2.75) is 32.8 Å². The minimum absolute atomic E-state index is 0.387. The number of aldehydes is 1. The maximum Gasteiger partial charge on any atom is 0.407 e. The van der Waals surface area contributed by atoms with Crippen LogP contribution in [0.2, 0.25) is 0 Å². The van der Waals surface area contributed by atoms with Crippen molar-refractivity contribution in [3.05, 3.63) is 29.6 Å². The largest absolute Gasteiger partial charge is 0.444 e. The first-order valence-corrected chi connectivity index (χ1v) is 6.27. The Balaban J connectivity index is 2.40. The van der Waals surface area contributed by atoms with E-state index in [4.69, 9.17) is 4.74 Å². The number of hydrogen-bond donors (Lipinski definition) is 1. The van der Waals surface area contributed by atoms with Crippen LogP contribution in [0, 0.1) is 11.8 Å². The molecular weight excluding hydrogens is 256 g/mol. The van der Waals surface area contributed by atoms with Crippen LogP contribution in [0.3, 0.4) is 0 Å². The molecule has 0 atom stereocenters. The van der Waals surface area contributed by atoms with Crippen molar-refractivity contribution < 1.29 is 14.3 Å². The maximum absolute atomic E-state index is 11.4. The van der Waals surface area contributed by atoms with Crippen molar-refractivity contribution in [3.63, 3.8) is 0 Å². The summed E-state index contributed by atoms with van der Waals surface area (Å²) in [6, 6.07) is 1.61. The SMILES string of the molecule is CC(C)(C)OC(=O)NCCC#Cc1cnccc1C=O. The Morgan fingerprint density at radius 3 is 2.90 bits per heavy atom. The zero-order valence-electron chi connectivity index (χ0n) is 11.9. The molecule has 20 heavy (non-hydrogen) atoms. The van der Waals surface area contributed by atoms with Gasteiger partial charge in [0.15, 0.2) is 6.29 Å². The van der Waals surface area contributed by atoms with Gasteiger partial charge in [-0.05, 0) is 26.8 Å². The zero-order valence-corrected chi connectivity index (χ0v) is 11.9. The number of hydrogen-bond acceptors (Lipinski definition) is 4. The number of carbonyl (C=O) groups is 2. The van der Waals surface area contributed by atoms with E-state index in [1.54, 1.807) is 33.0 Å². The average molecular weight is 274 g/mol. The summed E-state index contributed by atoms with van der Waals surface area (Å²) in [5, 5.41) is 2.61. The lowest BCUT2D eigenvalue weighted by Gasteiger charge is -2.19. The van der Waals surface area contributed by atoms with Crippen LogP contribution >= 0.6 is 0 Å². The molecular formula is C15H18N2O3. The van der Waals surface area contributed by atoms with Crippen molar-refractivity contribution in [2.75, 3.05) is 6.54 Å². The number of amides is 1. The van der Waals surface area contributed by atoms with Crippen LogP contribution < -0.4 is 5.32 Å². The predicted octanol–water partition coefficient (Wildman–Crippen LogP) is 2.16. The van der Waals surface area contributed by atoms with Crippen LogP contribution in [0.4, 0.5) is 4.79 Å². The topological polar surface area (TPSA) is 68.3 Å². The van der Waals surface area contributed by atoms with Crippen LogP contribution in [-0.4, -0.2) is 29.5 Å². The smallest absolute Gasteiger partial charge is 0.407 e. The van der Waals surface area contributed by atoms with E-state index in [0.717, 1.165) is 6.29 Å². The minimum atomic E-state index is -0.510. The third-order valence-corrected chi connectivity index (χ3v) is 2.12. The monoisotopic (exact) mass is 274 g/mol. The van der Waals surface area contributed by atoms with E-state index in [1.807, 2.05) is 0 Å². The highest BCUT2D eigenvalue weighted by Gasteiger charge is 2.15. The number of carbonyl (C=O) groups excluding carboxylic acids is 2. The van der Waals surface area contributed by atoms with E-state index in [1.165, 1.54) is 6.20 Å². The highest BCUT2D eigenvalue weighted by molar-refractivity contribution is 5.78. The molecule has 0 aliphatic carbocycles. The fourth-order valence-electron chi connectivity index (χ4n) is 1.31. The minimum Gasteiger partial charge on any atom is -0.444 e. The Kier molecular flexibility index (Phi) is 5.73. The average Bonchev–Trinajstić information content (AvgIpc) is 2.36. The molecule has 0 radical (unpaired) electrons. The number of pyridine rings is 1. The molecule has 0 aliphatic rings. The lowest BCUT2D eigenvalue weighted by atomic mass is 10.1. The Labute approximate surface area is 118 Å². The molecule has 0 saturated carbocycles. The van der Waals surface area contributed by atoms with Gasteiger partial charge in [-0.2, -0.15) is 0 Å². The summed E-state index contributed by atoms with van der Waals surface area (Å²) in [4.78, 5) is 26.0. The third kappa shape index (κ3) is 6.01. The van der Waals surface area contributed by atoms with E-state index in [0.29, 0.717) is 24.1 Å². The van der Waals surface area contributed by atoms with E-state index in [9.17, 15) is 9.59 Å². The summed E-state index contributed by atoms with van der Waals surface area (Å²) in [7, 11) is 0. The summed E-state index contributed by atoms with van der Waals surface area (Å²) < 4.78 is 5.08. The lowest BCUT2D eigenvalue weighted by molar-refractivity contribution is 0.0529. The van der Waals surface area contributed by atoms with Crippen LogP contribution in [-0.2, 0) is 4.74 Å². The van der Waals surface area contributed by atoms with Crippen LogP contribution in [0.5, 0.6) is 0 Å². The van der Waals surface area contributed by atoms with Gasteiger partial charge in [0.1, 0.15) is 5.60 Å². The molecule has 1 amide bonds. The Morgan fingerprint density at radius 2 is 2.25 bits per heavy atom. The molecule has 1 aromatic rings. The Bertz CT molecular complexity index is 536. The molecule has 0 aliphatic heterocycles. The van der Waals surface area contributed by atoms with Crippen LogP contribution in [0.1, 0.15) is 43.1 Å². The lowest BCUT2D eigenvalue weighted by Crippen LogP contribution is -2.32. The molecule has 1 rings (SSSR count). The van der Waals surface area contributed by atoms with Gasteiger partial charge in [0, 0.05) is 30.9 Å². The second kappa shape index (κ2) is 7.29. The van der Waals surface area contributed by atoms with Gasteiger partial charge in [0.25, 0.3) is 0 Å². The molecule has 0 spiro atoms. The van der Waals surface area contributed by atoms with E-state index >= 15 is 0 Å². The molecule has 0 unspecified atom stereocenters. The van der Waals surface area contributed by atoms with Gasteiger partial charge >= 0.3 is 6.09 Å². The summed E-state index contributed by atoms with van der Waals surface area (Å²) in [6.45, 7) is 5.79. The van der Waals surface area contributed by atoms with Crippen molar-refractivity contribution in [3.8, 4) is 11.8 Å². The first-order valence-electron chi connectivity index (χ1n) is 6.27. The molecule has 106 valence electrons. The molecule has 1 aromatic heterocycles. The number of alkyl carbamates (subject to hydrolysis) is 1. The van der Waals surface area contributed by atoms with Crippen LogP contribution in [0.15, 0.2) is 18.5 Å². The Hall–Kier alpha value is -2.35. The quantitative estimate of drug-likeness (QED) is 0.521. The molecule has 1 N–H and O–H groups in total. The van der Waals surface area contributed by atoms with Crippen LogP contribution in [0.25, 0.3) is 0 Å². The van der Waals surface area contributed by atoms with Gasteiger partial charge in [0.05, 0.1) is 5.56 Å². The van der Waals surface area contributed by atoms with E-state index in [2.05, 4.69) is 22.1 Å². The highest BCUT2D eigenvalue weighted by Crippen LogP contribution is 2.06. The summed E-state index contributed by atoms with van der Waals surface area (Å²) in [6.07, 6.45) is 3.82. The predicted molar refractivity (Wildman–Crippen MR) is 75.4 cm³/mol. The maximum atomic E-state index is 11.4. The number of nitrogens with one attached hydrogen (secondary N) is 1. The standard InChI is InChI=1S/C15H18N2O3/c1-15(2,3)20-14(19)17-8-5-4-6-12-10-16-9-7-13(12)11-18/h7,9-11H,5,8H2,1-3H3,(H,17,19). The molecule has 1 heterocycles. The van der Waals surface area contributed by atoms with E-state index in [-0.39, 0.29) is 0 Å². The molecule has 5 heteroatoms. The second-order valence-corrected chi connectivity index (χ2v) is 5.06. The highest BCUT2D eigenvalue weighted by atomic mass is 16.6. The third-order valence-electron chi connectivity index (χ3n) is 2.12. The fourth-order valence-corrected chi connectivity index (χ4v) is 1.31. The first kappa shape index (κ1) is 15.7. The number of rotatable bonds is 3. The van der Waals surface area contributed by atoms with Crippen molar-refractivity contribution >= 4 is 12.4 Å².